The summed E-state index contributed by atoms with van der Waals surface area (Å²) in [4.78, 5) is 24.1. The summed E-state index contributed by atoms with van der Waals surface area (Å²) in [5.74, 6) is -1.99. The average molecular weight is 347 g/mol. The summed E-state index contributed by atoms with van der Waals surface area (Å²) in [6, 6.07) is 11.6. The number of halogens is 1. The van der Waals surface area contributed by atoms with Crippen LogP contribution in [0.25, 0.3) is 0 Å². The first-order valence-electron chi connectivity index (χ1n) is 6.11. The van der Waals surface area contributed by atoms with Gasteiger partial charge in [0.25, 0.3) is 0 Å². The van der Waals surface area contributed by atoms with Crippen LogP contribution in [-0.4, -0.2) is 11.7 Å². The molecule has 1 N–H and O–H groups in total. The first kappa shape index (κ1) is 15.0. The third-order valence-corrected chi connectivity index (χ3v) is 3.33. The summed E-state index contributed by atoms with van der Waals surface area (Å²) >= 11 is 3.26. The molecule has 1 aromatic carbocycles. The van der Waals surface area contributed by atoms with Crippen LogP contribution in [0.3, 0.4) is 0 Å². The van der Waals surface area contributed by atoms with E-state index in [1.54, 1.807) is 42.5 Å². The van der Waals surface area contributed by atoms with Crippen LogP contribution in [0.2, 0.25) is 0 Å². The van der Waals surface area contributed by atoms with Crippen LogP contribution in [-0.2, 0) is 11.3 Å². The zero-order valence-corrected chi connectivity index (χ0v) is 12.5. The second-order valence-corrected chi connectivity index (χ2v) is 5.15. The molecule has 0 fully saturated rings. The van der Waals surface area contributed by atoms with Gasteiger partial charge in [0.2, 0.25) is 5.91 Å². The fourth-order valence-corrected chi connectivity index (χ4v) is 1.97. The molecule has 0 saturated heterocycles. The lowest BCUT2D eigenvalue weighted by atomic mass is 9.98. The van der Waals surface area contributed by atoms with E-state index in [1.165, 1.54) is 6.26 Å². The van der Waals surface area contributed by atoms with E-state index in [9.17, 15) is 9.59 Å². The zero-order valence-electron chi connectivity index (χ0n) is 10.9. The van der Waals surface area contributed by atoms with Crippen LogP contribution in [0.1, 0.15) is 16.1 Å². The van der Waals surface area contributed by atoms with Gasteiger partial charge >= 0.3 is 0 Å². The molecule has 0 aliphatic heterocycles. The van der Waals surface area contributed by atoms with Crippen LogP contribution < -0.4 is 5.32 Å². The highest BCUT2D eigenvalue weighted by Gasteiger charge is 2.27. The van der Waals surface area contributed by atoms with Gasteiger partial charge in [-0.25, -0.2) is 0 Å². The molecule has 0 radical (unpaired) electrons. The Bertz CT molecular complexity index is 672. The number of nitrogens with one attached hydrogen (secondary N) is 1. The Morgan fingerprint density at radius 3 is 2.57 bits per heavy atom. The number of Topliss-reactive ketones (excluding diaryl/α,β-unsaturated/α-hetero) is 1. The van der Waals surface area contributed by atoms with E-state index in [0.29, 0.717) is 11.3 Å². The maximum absolute atomic E-state index is 12.2. The number of carbonyl (C=O) groups is 2. The third kappa shape index (κ3) is 3.80. The van der Waals surface area contributed by atoms with Gasteiger partial charge < -0.3 is 9.73 Å². The second-order valence-electron chi connectivity index (χ2n) is 4.23. The van der Waals surface area contributed by atoms with E-state index in [2.05, 4.69) is 21.2 Å². The average Bonchev–Trinajstić information content (AvgIpc) is 3.00. The van der Waals surface area contributed by atoms with Crippen molar-refractivity contribution in [1.29, 1.82) is 5.26 Å². The Hall–Kier alpha value is -2.39. The van der Waals surface area contributed by atoms with Crippen molar-refractivity contribution >= 4 is 27.6 Å². The molecule has 1 amide bonds. The van der Waals surface area contributed by atoms with Gasteiger partial charge in [-0.2, -0.15) is 5.26 Å². The predicted molar refractivity (Wildman–Crippen MR) is 78.1 cm³/mol. The van der Waals surface area contributed by atoms with Crippen molar-refractivity contribution in [3.8, 4) is 6.07 Å². The van der Waals surface area contributed by atoms with Gasteiger partial charge in [-0.1, -0.05) is 28.1 Å². The van der Waals surface area contributed by atoms with Crippen molar-refractivity contribution in [1.82, 2.24) is 5.32 Å². The van der Waals surface area contributed by atoms with E-state index in [-0.39, 0.29) is 6.54 Å². The standard InChI is InChI=1S/C15H11BrN2O3/c16-11-5-3-10(4-6-11)14(19)13(8-17)15(20)18-9-12-2-1-7-21-12/h1-7,13H,9H2,(H,18,20)/t13-/m0/s1. The Kier molecular flexibility index (Phi) is 4.90. The van der Waals surface area contributed by atoms with E-state index in [0.717, 1.165) is 4.47 Å². The number of rotatable bonds is 5. The number of amides is 1. The van der Waals surface area contributed by atoms with Crippen LogP contribution in [0.15, 0.2) is 51.6 Å². The van der Waals surface area contributed by atoms with Gasteiger partial charge in [0, 0.05) is 10.0 Å². The zero-order chi connectivity index (χ0) is 15.2. The summed E-state index contributed by atoms with van der Waals surface area (Å²) in [6.07, 6.45) is 1.48. The molecule has 1 aromatic heterocycles. The van der Waals surface area contributed by atoms with Crippen molar-refractivity contribution in [3.05, 3.63) is 58.5 Å². The third-order valence-electron chi connectivity index (χ3n) is 2.80. The van der Waals surface area contributed by atoms with E-state index in [1.807, 2.05) is 0 Å². The molecule has 0 saturated carbocycles. The molecule has 2 rings (SSSR count). The van der Waals surface area contributed by atoms with Gasteiger partial charge in [0.1, 0.15) is 5.76 Å². The number of hydrogen-bond donors (Lipinski definition) is 1. The Morgan fingerprint density at radius 2 is 2.00 bits per heavy atom. The number of ketones is 1. The Labute approximate surface area is 129 Å². The normalized spacial score (nSPS) is 11.4. The first-order chi connectivity index (χ1) is 10.1. The van der Waals surface area contributed by atoms with E-state index in [4.69, 9.17) is 9.68 Å². The highest BCUT2D eigenvalue weighted by Crippen LogP contribution is 2.14. The van der Waals surface area contributed by atoms with Gasteiger partial charge in [-0.05, 0) is 24.3 Å². The van der Waals surface area contributed by atoms with Crippen molar-refractivity contribution < 1.29 is 14.0 Å². The molecule has 0 aliphatic carbocycles. The Balaban J connectivity index is 2.04. The molecule has 6 heteroatoms. The number of nitriles is 1. The van der Waals surface area contributed by atoms with Gasteiger partial charge in [0.05, 0.1) is 18.9 Å². The summed E-state index contributed by atoms with van der Waals surface area (Å²) in [6.45, 7) is 0.137. The molecule has 0 aliphatic rings. The van der Waals surface area contributed by atoms with Crippen molar-refractivity contribution in [2.75, 3.05) is 0 Å². The van der Waals surface area contributed by atoms with E-state index < -0.39 is 17.6 Å². The molecule has 21 heavy (non-hydrogen) atoms. The minimum atomic E-state index is -1.37. The minimum Gasteiger partial charge on any atom is -0.467 e. The van der Waals surface area contributed by atoms with Crippen LogP contribution in [0.5, 0.6) is 0 Å². The molecular weight excluding hydrogens is 336 g/mol. The smallest absolute Gasteiger partial charge is 0.245 e. The molecule has 1 heterocycles. The molecule has 0 bridgehead atoms. The lowest BCUT2D eigenvalue weighted by molar-refractivity contribution is -0.122. The monoisotopic (exact) mass is 346 g/mol. The van der Waals surface area contributed by atoms with Crippen LogP contribution in [0, 0.1) is 17.2 Å². The summed E-state index contributed by atoms with van der Waals surface area (Å²) < 4.78 is 5.88. The summed E-state index contributed by atoms with van der Waals surface area (Å²) in [7, 11) is 0. The summed E-state index contributed by atoms with van der Waals surface area (Å²) in [5.41, 5.74) is 0.317. The van der Waals surface area contributed by atoms with Gasteiger partial charge in [0.15, 0.2) is 11.7 Å². The van der Waals surface area contributed by atoms with Crippen molar-refractivity contribution in [2.45, 2.75) is 6.54 Å². The molecule has 0 spiro atoms. The lowest BCUT2D eigenvalue weighted by Crippen LogP contribution is -2.34. The fourth-order valence-electron chi connectivity index (χ4n) is 1.71. The minimum absolute atomic E-state index is 0.137. The highest BCUT2D eigenvalue weighted by molar-refractivity contribution is 9.10. The first-order valence-corrected chi connectivity index (χ1v) is 6.90. The van der Waals surface area contributed by atoms with Crippen LogP contribution >= 0.6 is 15.9 Å². The van der Waals surface area contributed by atoms with Crippen molar-refractivity contribution in [2.24, 2.45) is 5.92 Å². The quantitative estimate of drug-likeness (QED) is 0.666. The number of hydrogen-bond acceptors (Lipinski definition) is 4. The number of benzene rings is 1. The van der Waals surface area contributed by atoms with Crippen molar-refractivity contribution in [3.63, 3.8) is 0 Å². The largest absolute Gasteiger partial charge is 0.467 e. The molecule has 1 atom stereocenters. The number of nitrogens with zero attached hydrogens (tertiary/aromatic N) is 1. The fraction of sp³-hybridized carbons (Fsp3) is 0.133. The predicted octanol–water partition coefficient (Wildman–Crippen LogP) is 2.68. The molecule has 2 aromatic rings. The maximum Gasteiger partial charge on any atom is 0.245 e. The number of furan rings is 1. The second kappa shape index (κ2) is 6.86. The Morgan fingerprint density at radius 1 is 1.29 bits per heavy atom. The highest BCUT2D eigenvalue weighted by atomic mass is 79.9. The molecule has 106 valence electrons. The molecule has 5 nitrogen and oxygen atoms in total. The molecular formula is C15H11BrN2O3. The topological polar surface area (TPSA) is 83.1 Å². The maximum atomic E-state index is 12.2. The molecule has 0 unspecified atom stereocenters. The summed E-state index contributed by atoms with van der Waals surface area (Å²) in [5, 5.41) is 11.6. The SMILES string of the molecule is N#C[C@H](C(=O)NCc1ccco1)C(=O)c1ccc(Br)cc1. The lowest BCUT2D eigenvalue weighted by Gasteiger charge is -2.08. The van der Waals surface area contributed by atoms with Gasteiger partial charge in [-0.3, -0.25) is 9.59 Å². The van der Waals surface area contributed by atoms with Crippen LogP contribution in [0.4, 0.5) is 0 Å². The van der Waals surface area contributed by atoms with E-state index >= 15 is 0 Å². The van der Waals surface area contributed by atoms with Gasteiger partial charge in [-0.15, -0.1) is 0 Å². The number of carbonyl (C=O) groups excluding carboxylic acids is 2.